The van der Waals surface area contributed by atoms with E-state index < -0.39 is 10.0 Å². The minimum Gasteiger partial charge on any atom is -0.495 e. The lowest BCUT2D eigenvalue weighted by Gasteiger charge is -2.26. The van der Waals surface area contributed by atoms with Gasteiger partial charge in [-0.25, -0.2) is 8.42 Å². The molecule has 8 heteroatoms. The Morgan fingerprint density at radius 1 is 1.15 bits per heavy atom. The number of amides is 1. The Bertz CT molecular complexity index is 716. The average Bonchev–Trinajstić information content (AvgIpc) is 2.68. The number of piperidine rings is 1. The summed E-state index contributed by atoms with van der Waals surface area (Å²) < 4.78 is 32.8. The second kappa shape index (κ2) is 10.6. The minimum absolute atomic E-state index is 0.104. The zero-order valence-corrected chi connectivity index (χ0v) is 16.9. The van der Waals surface area contributed by atoms with Gasteiger partial charge >= 0.3 is 0 Å². The number of methoxy groups -OCH3 is 1. The number of benzene rings is 1. The van der Waals surface area contributed by atoms with Crippen LogP contribution in [0, 0.1) is 0 Å². The Balaban J connectivity index is 2.07. The van der Waals surface area contributed by atoms with Crippen LogP contribution in [0.1, 0.15) is 51.4 Å². The van der Waals surface area contributed by atoms with E-state index in [1.54, 1.807) is 12.1 Å². The summed E-state index contributed by atoms with van der Waals surface area (Å²) in [6.45, 7) is 1.71. The number of hydrogen-bond donors (Lipinski definition) is 2. The third-order valence-corrected chi connectivity index (χ3v) is 6.66. The maximum atomic E-state index is 13.0. The van der Waals surface area contributed by atoms with Crippen molar-refractivity contribution in [1.82, 2.24) is 4.31 Å². The monoisotopic (exact) mass is 397 g/mol. The highest BCUT2D eigenvalue weighted by Gasteiger charge is 2.29. The molecule has 0 aromatic heterocycles. The van der Waals surface area contributed by atoms with Gasteiger partial charge in [-0.2, -0.15) is 4.31 Å². The van der Waals surface area contributed by atoms with E-state index in [4.69, 9.17) is 10.5 Å². The number of ether oxygens (including phenoxy) is 1. The second-order valence-electron chi connectivity index (χ2n) is 6.83. The average molecular weight is 398 g/mol. The van der Waals surface area contributed by atoms with E-state index in [2.05, 4.69) is 5.32 Å². The number of unbranched alkanes of at least 4 members (excludes halogenated alkanes) is 3. The molecule has 1 aromatic rings. The molecule has 1 saturated heterocycles. The smallest absolute Gasteiger partial charge is 0.246 e. The molecule has 0 atom stereocenters. The molecule has 1 fully saturated rings. The molecule has 1 amide bonds. The first-order chi connectivity index (χ1) is 13.0. The number of carbonyl (C=O) groups excluding carboxylic acids is 1. The van der Waals surface area contributed by atoms with Crippen LogP contribution in [0.25, 0.3) is 0 Å². The molecule has 152 valence electrons. The van der Waals surface area contributed by atoms with Crippen molar-refractivity contribution < 1.29 is 17.9 Å². The fraction of sp³-hybridized carbons (Fsp3) is 0.632. The molecular weight excluding hydrogens is 366 g/mol. The van der Waals surface area contributed by atoms with E-state index in [0.29, 0.717) is 37.5 Å². The number of nitrogens with one attached hydrogen (secondary N) is 1. The lowest BCUT2D eigenvalue weighted by molar-refractivity contribution is -0.116. The molecule has 1 aliphatic heterocycles. The van der Waals surface area contributed by atoms with Crippen molar-refractivity contribution in [2.75, 3.05) is 32.1 Å². The number of sulfonamides is 1. The van der Waals surface area contributed by atoms with Crippen LogP contribution in [0.2, 0.25) is 0 Å². The van der Waals surface area contributed by atoms with E-state index >= 15 is 0 Å². The lowest BCUT2D eigenvalue weighted by Crippen LogP contribution is -2.35. The molecule has 2 rings (SSSR count). The van der Waals surface area contributed by atoms with Crippen LogP contribution < -0.4 is 15.8 Å². The van der Waals surface area contributed by atoms with Gasteiger partial charge in [0.15, 0.2) is 0 Å². The molecular formula is C19H31N3O4S. The lowest BCUT2D eigenvalue weighted by atomic mass is 10.1. The minimum atomic E-state index is -3.65. The van der Waals surface area contributed by atoms with Gasteiger partial charge in [0.2, 0.25) is 15.9 Å². The highest BCUT2D eigenvalue weighted by atomic mass is 32.2. The number of rotatable bonds is 10. The van der Waals surface area contributed by atoms with E-state index in [0.717, 1.165) is 44.9 Å². The molecule has 0 radical (unpaired) electrons. The number of hydrogen-bond acceptors (Lipinski definition) is 5. The number of anilines is 1. The first-order valence-electron chi connectivity index (χ1n) is 9.67. The Hall–Kier alpha value is -1.64. The Labute approximate surface area is 162 Å². The second-order valence-corrected chi connectivity index (χ2v) is 8.74. The van der Waals surface area contributed by atoms with Crippen molar-refractivity contribution in [2.45, 2.75) is 56.3 Å². The van der Waals surface area contributed by atoms with Crippen molar-refractivity contribution in [3.8, 4) is 5.75 Å². The van der Waals surface area contributed by atoms with E-state index in [-0.39, 0.29) is 10.8 Å². The molecule has 0 spiro atoms. The standard InChI is InChI=1S/C19H31N3O4S/c1-26-17-11-10-16(21-19(23)9-5-2-3-6-12-20)15-18(17)27(24,25)22-13-7-4-8-14-22/h10-11,15H,2-9,12-14,20H2,1H3,(H,21,23). The SMILES string of the molecule is COc1ccc(NC(=O)CCCCCCN)cc1S(=O)(=O)N1CCCCC1. The third-order valence-electron chi connectivity index (χ3n) is 4.74. The molecule has 0 unspecified atom stereocenters. The van der Waals surface area contributed by atoms with Gasteiger partial charge in [0.1, 0.15) is 10.6 Å². The first kappa shape index (κ1) is 21.7. The van der Waals surface area contributed by atoms with E-state index in [1.165, 1.54) is 17.5 Å². The molecule has 3 N–H and O–H groups in total. The fourth-order valence-electron chi connectivity index (χ4n) is 3.21. The fourth-order valence-corrected chi connectivity index (χ4v) is 4.91. The van der Waals surface area contributed by atoms with Crippen LogP contribution in [0.15, 0.2) is 23.1 Å². The summed E-state index contributed by atoms with van der Waals surface area (Å²) in [6, 6.07) is 4.75. The van der Waals surface area contributed by atoms with E-state index in [1.807, 2.05) is 0 Å². The summed E-state index contributed by atoms with van der Waals surface area (Å²) >= 11 is 0. The number of carbonyl (C=O) groups is 1. The topological polar surface area (TPSA) is 102 Å². The molecule has 1 aliphatic rings. The summed E-state index contributed by atoms with van der Waals surface area (Å²) in [7, 11) is -2.20. The summed E-state index contributed by atoms with van der Waals surface area (Å²) in [5, 5.41) is 2.80. The van der Waals surface area contributed by atoms with Gasteiger partial charge in [-0.15, -0.1) is 0 Å². The van der Waals surface area contributed by atoms with Gasteiger partial charge in [-0.3, -0.25) is 4.79 Å². The number of nitrogens with two attached hydrogens (primary N) is 1. The Kier molecular flexibility index (Phi) is 8.53. The van der Waals surface area contributed by atoms with Crippen LogP contribution in [-0.2, 0) is 14.8 Å². The zero-order chi connectivity index (χ0) is 19.7. The van der Waals surface area contributed by atoms with Crippen LogP contribution in [-0.4, -0.2) is 45.4 Å². The molecule has 1 heterocycles. The normalized spacial score (nSPS) is 15.5. The van der Waals surface area contributed by atoms with Crippen molar-refractivity contribution >= 4 is 21.6 Å². The highest BCUT2D eigenvalue weighted by Crippen LogP contribution is 2.31. The number of nitrogens with zero attached hydrogens (tertiary/aromatic N) is 1. The predicted octanol–water partition coefficient (Wildman–Crippen LogP) is 2.72. The van der Waals surface area contributed by atoms with Crippen LogP contribution in [0.5, 0.6) is 5.75 Å². The van der Waals surface area contributed by atoms with Crippen molar-refractivity contribution in [2.24, 2.45) is 5.73 Å². The molecule has 1 aromatic carbocycles. The summed E-state index contributed by atoms with van der Waals surface area (Å²) in [4.78, 5) is 12.2. The highest BCUT2D eigenvalue weighted by molar-refractivity contribution is 7.89. The van der Waals surface area contributed by atoms with Crippen molar-refractivity contribution in [1.29, 1.82) is 0 Å². The van der Waals surface area contributed by atoms with Crippen molar-refractivity contribution in [3.05, 3.63) is 18.2 Å². The van der Waals surface area contributed by atoms with Gasteiger partial charge in [0, 0.05) is 25.2 Å². The summed E-state index contributed by atoms with van der Waals surface area (Å²) in [6.07, 6.45) is 6.92. The maximum Gasteiger partial charge on any atom is 0.246 e. The van der Waals surface area contributed by atoms with Gasteiger partial charge in [-0.05, 0) is 50.4 Å². The maximum absolute atomic E-state index is 13.0. The molecule has 0 saturated carbocycles. The Morgan fingerprint density at radius 2 is 1.85 bits per heavy atom. The van der Waals surface area contributed by atoms with Crippen LogP contribution in [0.4, 0.5) is 5.69 Å². The van der Waals surface area contributed by atoms with Crippen LogP contribution in [0.3, 0.4) is 0 Å². The molecule has 27 heavy (non-hydrogen) atoms. The largest absolute Gasteiger partial charge is 0.495 e. The molecule has 0 aliphatic carbocycles. The third kappa shape index (κ3) is 6.19. The predicted molar refractivity (Wildman–Crippen MR) is 106 cm³/mol. The van der Waals surface area contributed by atoms with Gasteiger partial charge < -0.3 is 15.8 Å². The van der Waals surface area contributed by atoms with Gasteiger partial charge in [0.05, 0.1) is 7.11 Å². The quantitative estimate of drug-likeness (QED) is 0.591. The van der Waals surface area contributed by atoms with Crippen LogP contribution >= 0.6 is 0 Å². The summed E-state index contributed by atoms with van der Waals surface area (Å²) in [5.41, 5.74) is 5.93. The Morgan fingerprint density at radius 3 is 2.52 bits per heavy atom. The van der Waals surface area contributed by atoms with E-state index in [9.17, 15) is 13.2 Å². The van der Waals surface area contributed by atoms with Crippen molar-refractivity contribution in [3.63, 3.8) is 0 Å². The molecule has 7 nitrogen and oxygen atoms in total. The molecule has 0 bridgehead atoms. The zero-order valence-electron chi connectivity index (χ0n) is 16.1. The first-order valence-corrected chi connectivity index (χ1v) is 11.1. The van der Waals surface area contributed by atoms with Gasteiger partial charge in [-0.1, -0.05) is 19.3 Å². The summed E-state index contributed by atoms with van der Waals surface area (Å²) in [5.74, 6) is 0.176. The van der Waals surface area contributed by atoms with Gasteiger partial charge in [0.25, 0.3) is 0 Å².